The zero-order valence-electron chi connectivity index (χ0n) is 11.6. The van der Waals surface area contributed by atoms with Crippen molar-refractivity contribution in [1.82, 2.24) is 0 Å². The number of halogens is 2. The van der Waals surface area contributed by atoms with E-state index in [9.17, 15) is 10.2 Å². The SMILES string of the molecule is Oc1ccccc1C=NCC(O)COc1cccc(Cl)c1Cl. The van der Waals surface area contributed by atoms with Crippen LogP contribution in [0.15, 0.2) is 47.5 Å². The van der Waals surface area contributed by atoms with Crippen LogP contribution in [0.4, 0.5) is 0 Å². The number of phenols is 1. The Morgan fingerprint density at radius 3 is 2.68 bits per heavy atom. The third-order valence-electron chi connectivity index (χ3n) is 2.83. The number of aliphatic hydroxyl groups is 1. The molecule has 2 N–H and O–H groups in total. The third kappa shape index (κ3) is 4.63. The second-order valence-corrected chi connectivity index (χ2v) is 5.36. The Hall–Kier alpha value is -1.75. The smallest absolute Gasteiger partial charge is 0.139 e. The van der Waals surface area contributed by atoms with Crippen molar-refractivity contribution in [3.63, 3.8) is 0 Å². The quantitative estimate of drug-likeness (QED) is 0.791. The molecular formula is C16H15Cl2NO3. The number of rotatable bonds is 6. The lowest BCUT2D eigenvalue weighted by Gasteiger charge is -2.12. The molecule has 0 spiro atoms. The molecule has 22 heavy (non-hydrogen) atoms. The predicted octanol–water partition coefficient (Wildman–Crippen LogP) is 3.56. The minimum Gasteiger partial charge on any atom is -0.507 e. The summed E-state index contributed by atoms with van der Waals surface area (Å²) in [6.07, 6.45) is 0.711. The molecule has 0 saturated heterocycles. The van der Waals surface area contributed by atoms with Crippen molar-refractivity contribution in [1.29, 1.82) is 0 Å². The number of phenolic OH excluding ortho intramolecular Hbond substituents is 1. The number of hydrogen-bond acceptors (Lipinski definition) is 4. The number of aromatic hydroxyl groups is 1. The van der Waals surface area contributed by atoms with Crippen molar-refractivity contribution in [3.05, 3.63) is 58.1 Å². The van der Waals surface area contributed by atoms with Gasteiger partial charge in [-0.15, -0.1) is 0 Å². The topological polar surface area (TPSA) is 62.1 Å². The standard InChI is InChI=1S/C16H15Cl2NO3/c17-13-5-3-7-15(16(13)18)22-10-12(20)9-19-8-11-4-1-2-6-14(11)21/h1-8,12,20-21H,9-10H2. The molecule has 0 aliphatic rings. The van der Waals surface area contributed by atoms with Gasteiger partial charge in [0, 0.05) is 11.8 Å². The van der Waals surface area contributed by atoms with Gasteiger partial charge in [0.2, 0.25) is 0 Å². The minimum absolute atomic E-state index is 0.0399. The van der Waals surface area contributed by atoms with Gasteiger partial charge < -0.3 is 14.9 Å². The molecule has 0 saturated carbocycles. The van der Waals surface area contributed by atoms with Gasteiger partial charge in [-0.2, -0.15) is 0 Å². The van der Waals surface area contributed by atoms with Crippen LogP contribution in [-0.4, -0.2) is 35.7 Å². The maximum Gasteiger partial charge on any atom is 0.139 e. The molecule has 0 aliphatic heterocycles. The van der Waals surface area contributed by atoms with Crippen LogP contribution in [0.5, 0.6) is 11.5 Å². The molecule has 1 unspecified atom stereocenters. The van der Waals surface area contributed by atoms with Crippen LogP contribution in [0, 0.1) is 0 Å². The Morgan fingerprint density at radius 2 is 1.91 bits per heavy atom. The van der Waals surface area contributed by atoms with E-state index in [1.165, 1.54) is 6.21 Å². The first kappa shape index (κ1) is 16.6. The van der Waals surface area contributed by atoms with E-state index in [4.69, 9.17) is 27.9 Å². The van der Waals surface area contributed by atoms with E-state index in [2.05, 4.69) is 4.99 Å². The summed E-state index contributed by atoms with van der Waals surface area (Å²) in [5.74, 6) is 0.556. The summed E-state index contributed by atoms with van der Waals surface area (Å²) < 4.78 is 5.42. The van der Waals surface area contributed by atoms with Gasteiger partial charge in [0.1, 0.15) is 29.2 Å². The van der Waals surface area contributed by atoms with Crippen molar-refractivity contribution in [3.8, 4) is 11.5 Å². The first-order chi connectivity index (χ1) is 10.6. The highest BCUT2D eigenvalue weighted by Crippen LogP contribution is 2.31. The lowest BCUT2D eigenvalue weighted by atomic mass is 10.2. The van der Waals surface area contributed by atoms with Crippen LogP contribution >= 0.6 is 23.2 Å². The van der Waals surface area contributed by atoms with Gasteiger partial charge in [-0.05, 0) is 24.3 Å². The highest BCUT2D eigenvalue weighted by atomic mass is 35.5. The van der Waals surface area contributed by atoms with Crippen molar-refractivity contribution < 1.29 is 14.9 Å². The molecule has 0 fully saturated rings. The molecule has 2 aromatic rings. The molecule has 116 valence electrons. The van der Waals surface area contributed by atoms with Crippen molar-refractivity contribution in [2.75, 3.05) is 13.2 Å². The van der Waals surface area contributed by atoms with Crippen molar-refractivity contribution in [2.24, 2.45) is 4.99 Å². The van der Waals surface area contributed by atoms with Crippen LogP contribution in [0.3, 0.4) is 0 Å². The monoisotopic (exact) mass is 339 g/mol. The maximum absolute atomic E-state index is 9.84. The molecule has 0 radical (unpaired) electrons. The highest BCUT2D eigenvalue weighted by Gasteiger charge is 2.08. The summed E-state index contributed by atoms with van der Waals surface area (Å²) in [5, 5.41) is 20.1. The van der Waals surface area contributed by atoms with Gasteiger partial charge in [0.05, 0.1) is 11.6 Å². The normalized spacial score (nSPS) is 12.5. The number of benzene rings is 2. The molecule has 0 amide bonds. The van der Waals surface area contributed by atoms with Crippen LogP contribution in [0.25, 0.3) is 0 Å². The average molecular weight is 340 g/mol. The summed E-state index contributed by atoms with van der Waals surface area (Å²) in [7, 11) is 0. The maximum atomic E-state index is 9.84. The molecule has 0 bridgehead atoms. The number of hydrogen-bond donors (Lipinski definition) is 2. The third-order valence-corrected chi connectivity index (χ3v) is 3.63. The van der Waals surface area contributed by atoms with Crippen LogP contribution < -0.4 is 4.74 Å². The molecule has 2 rings (SSSR count). The van der Waals surface area contributed by atoms with Crippen molar-refractivity contribution in [2.45, 2.75) is 6.10 Å². The van der Waals surface area contributed by atoms with E-state index >= 15 is 0 Å². The second-order valence-electron chi connectivity index (χ2n) is 4.57. The Morgan fingerprint density at radius 1 is 1.14 bits per heavy atom. The molecule has 6 heteroatoms. The van der Waals surface area contributed by atoms with E-state index in [1.807, 2.05) is 0 Å². The summed E-state index contributed by atoms with van der Waals surface area (Å²) >= 11 is 11.9. The first-order valence-electron chi connectivity index (χ1n) is 6.60. The molecule has 1 atom stereocenters. The van der Waals surface area contributed by atoms with E-state index in [0.717, 1.165) is 0 Å². The largest absolute Gasteiger partial charge is 0.507 e. The van der Waals surface area contributed by atoms with Crippen molar-refractivity contribution >= 4 is 29.4 Å². The van der Waals surface area contributed by atoms with E-state index < -0.39 is 6.10 Å². The molecule has 0 aromatic heterocycles. The van der Waals surface area contributed by atoms with Gasteiger partial charge in [0.15, 0.2) is 0 Å². The molecular weight excluding hydrogens is 325 g/mol. The number of aliphatic imine (C=N–C) groups is 1. The summed E-state index contributed by atoms with van der Waals surface area (Å²) in [6.45, 7) is 0.185. The highest BCUT2D eigenvalue weighted by molar-refractivity contribution is 6.42. The molecule has 2 aromatic carbocycles. The van der Waals surface area contributed by atoms with Crippen LogP contribution in [-0.2, 0) is 0 Å². The fourth-order valence-electron chi connectivity index (χ4n) is 1.70. The van der Waals surface area contributed by atoms with E-state index in [1.54, 1.807) is 42.5 Å². The van der Waals surface area contributed by atoms with Crippen LogP contribution in [0.1, 0.15) is 5.56 Å². The number of aliphatic hydroxyl groups excluding tert-OH is 1. The summed E-state index contributed by atoms with van der Waals surface area (Å²) in [4.78, 5) is 4.08. The molecule has 0 aliphatic carbocycles. The zero-order chi connectivity index (χ0) is 15.9. The second kappa shape index (κ2) is 8.03. The summed E-state index contributed by atoms with van der Waals surface area (Å²) in [5.41, 5.74) is 0.591. The Labute approximate surface area is 138 Å². The number of para-hydroxylation sites is 1. The molecule has 0 heterocycles. The first-order valence-corrected chi connectivity index (χ1v) is 7.36. The average Bonchev–Trinajstić information content (AvgIpc) is 2.51. The zero-order valence-corrected chi connectivity index (χ0v) is 13.1. The number of nitrogens with zero attached hydrogens (tertiary/aromatic N) is 1. The fraction of sp³-hybridized carbons (Fsp3) is 0.188. The van der Waals surface area contributed by atoms with Gasteiger partial charge in [-0.1, -0.05) is 41.4 Å². The summed E-state index contributed by atoms with van der Waals surface area (Å²) in [6, 6.07) is 11.9. The Kier molecular flexibility index (Phi) is 6.07. The van der Waals surface area contributed by atoms with Gasteiger partial charge >= 0.3 is 0 Å². The fourth-order valence-corrected chi connectivity index (χ4v) is 2.05. The van der Waals surface area contributed by atoms with E-state index in [-0.39, 0.29) is 18.9 Å². The predicted molar refractivity (Wildman–Crippen MR) is 88.5 cm³/mol. The lowest BCUT2D eigenvalue weighted by molar-refractivity contribution is 0.115. The van der Waals surface area contributed by atoms with Gasteiger partial charge in [-0.3, -0.25) is 4.99 Å². The Balaban J connectivity index is 1.85. The van der Waals surface area contributed by atoms with Crippen LogP contribution in [0.2, 0.25) is 10.0 Å². The Bertz CT molecular complexity index is 662. The minimum atomic E-state index is -0.794. The molecule has 4 nitrogen and oxygen atoms in total. The van der Waals surface area contributed by atoms with Gasteiger partial charge in [-0.25, -0.2) is 0 Å². The van der Waals surface area contributed by atoms with E-state index in [0.29, 0.717) is 21.4 Å². The number of ether oxygens (including phenoxy) is 1. The lowest BCUT2D eigenvalue weighted by Crippen LogP contribution is -2.20. The van der Waals surface area contributed by atoms with Gasteiger partial charge in [0.25, 0.3) is 0 Å².